The van der Waals surface area contributed by atoms with Gasteiger partial charge in [0.25, 0.3) is 11.8 Å². The molecule has 1 heterocycles. The molecule has 0 saturated carbocycles. The van der Waals surface area contributed by atoms with Crippen molar-refractivity contribution in [1.82, 2.24) is 16.0 Å². The van der Waals surface area contributed by atoms with Gasteiger partial charge in [-0.15, -0.1) is 12.4 Å². The maximum absolute atomic E-state index is 12.4. The fourth-order valence-electron chi connectivity index (χ4n) is 2.62. The molecule has 3 N–H and O–H groups in total. The summed E-state index contributed by atoms with van der Waals surface area (Å²) in [6, 6.07) is 7.17. The topological polar surface area (TPSA) is 79.5 Å². The number of rotatable bonds is 5. The van der Waals surface area contributed by atoms with Crippen LogP contribution in [-0.2, 0) is 16.1 Å². The lowest BCUT2D eigenvalue weighted by atomic mass is 9.91. The largest absolute Gasteiger partial charge is 0.368 e. The van der Waals surface area contributed by atoms with Gasteiger partial charge in [-0.3, -0.25) is 9.59 Å². The van der Waals surface area contributed by atoms with E-state index in [0.717, 1.165) is 18.7 Å². The van der Waals surface area contributed by atoms with Crippen molar-refractivity contribution < 1.29 is 14.3 Å². The van der Waals surface area contributed by atoms with Crippen molar-refractivity contribution in [2.24, 2.45) is 0 Å². The molecular formula is C16H24ClN3O3. The third kappa shape index (κ3) is 4.67. The first-order valence-electron chi connectivity index (χ1n) is 7.46. The van der Waals surface area contributed by atoms with Gasteiger partial charge in [-0.1, -0.05) is 12.1 Å². The van der Waals surface area contributed by atoms with Gasteiger partial charge in [0.15, 0.2) is 0 Å². The van der Waals surface area contributed by atoms with Crippen LogP contribution < -0.4 is 16.0 Å². The quantitative estimate of drug-likeness (QED) is 0.742. The van der Waals surface area contributed by atoms with Gasteiger partial charge in [-0.25, -0.2) is 0 Å². The average molecular weight is 342 g/mol. The highest BCUT2D eigenvalue weighted by Gasteiger charge is 2.39. The highest BCUT2D eigenvalue weighted by atomic mass is 35.5. The Hall–Kier alpha value is -1.63. The number of carbonyl (C=O) groups excluding carboxylic acids is 2. The summed E-state index contributed by atoms with van der Waals surface area (Å²) in [4.78, 5) is 23.9. The number of benzene rings is 1. The van der Waals surface area contributed by atoms with E-state index >= 15 is 0 Å². The summed E-state index contributed by atoms with van der Waals surface area (Å²) in [5, 5.41) is 8.73. The van der Waals surface area contributed by atoms with Crippen LogP contribution in [-0.4, -0.2) is 44.7 Å². The normalized spacial score (nSPS) is 16.1. The minimum Gasteiger partial charge on any atom is -0.368 e. The van der Waals surface area contributed by atoms with Gasteiger partial charge < -0.3 is 20.7 Å². The molecule has 0 bridgehead atoms. The van der Waals surface area contributed by atoms with E-state index in [0.29, 0.717) is 24.9 Å². The van der Waals surface area contributed by atoms with Crippen molar-refractivity contribution in [2.75, 3.05) is 27.2 Å². The molecule has 23 heavy (non-hydrogen) atoms. The number of carbonyl (C=O) groups is 2. The highest BCUT2D eigenvalue weighted by molar-refractivity contribution is 5.94. The molecule has 1 fully saturated rings. The molecule has 0 aromatic heterocycles. The van der Waals surface area contributed by atoms with Crippen LogP contribution in [0.2, 0.25) is 0 Å². The average Bonchev–Trinajstić information content (AvgIpc) is 2.59. The Kier molecular flexibility index (Phi) is 7.48. The monoisotopic (exact) mass is 341 g/mol. The van der Waals surface area contributed by atoms with Crippen LogP contribution >= 0.6 is 12.4 Å². The van der Waals surface area contributed by atoms with E-state index in [1.807, 2.05) is 12.1 Å². The number of hydrogen-bond donors (Lipinski definition) is 3. The fraction of sp³-hybridized carbons (Fsp3) is 0.500. The summed E-state index contributed by atoms with van der Waals surface area (Å²) in [6.07, 6.45) is 1.34. The number of amides is 2. The zero-order valence-electron chi connectivity index (χ0n) is 13.5. The first kappa shape index (κ1) is 19.4. The highest BCUT2D eigenvalue weighted by Crippen LogP contribution is 2.22. The molecule has 2 rings (SSSR count). The molecule has 7 heteroatoms. The molecule has 0 radical (unpaired) electrons. The van der Waals surface area contributed by atoms with Crippen molar-refractivity contribution >= 4 is 24.2 Å². The first-order valence-corrected chi connectivity index (χ1v) is 7.46. The molecule has 1 aliphatic rings. The minimum atomic E-state index is -0.729. The second kappa shape index (κ2) is 8.86. The molecule has 0 aliphatic carbocycles. The Morgan fingerprint density at radius 3 is 2.35 bits per heavy atom. The standard InChI is InChI=1S/C16H23N3O3.ClH/c1-17-14(20)13-5-3-12(4-6-13)11-19-15(21)16(22-2)7-9-18-10-8-16;/h3-6,18H,7-11H2,1-2H3,(H,17,20)(H,19,21);1H. The summed E-state index contributed by atoms with van der Waals surface area (Å²) in [7, 11) is 3.18. The molecule has 2 amide bonds. The Labute approximate surface area is 142 Å². The van der Waals surface area contributed by atoms with Crippen molar-refractivity contribution in [1.29, 1.82) is 0 Å². The zero-order valence-corrected chi connectivity index (χ0v) is 14.3. The van der Waals surface area contributed by atoms with Crippen LogP contribution in [0.1, 0.15) is 28.8 Å². The van der Waals surface area contributed by atoms with Gasteiger partial charge in [-0.2, -0.15) is 0 Å². The zero-order chi connectivity index (χ0) is 16.0. The van der Waals surface area contributed by atoms with Crippen LogP contribution in [0.5, 0.6) is 0 Å². The summed E-state index contributed by atoms with van der Waals surface area (Å²) in [5.41, 5.74) is 0.818. The van der Waals surface area contributed by atoms with Gasteiger partial charge in [-0.05, 0) is 43.6 Å². The summed E-state index contributed by atoms with van der Waals surface area (Å²) >= 11 is 0. The molecule has 6 nitrogen and oxygen atoms in total. The number of halogens is 1. The van der Waals surface area contributed by atoms with Crippen LogP contribution in [0.15, 0.2) is 24.3 Å². The van der Waals surface area contributed by atoms with Crippen LogP contribution in [0.3, 0.4) is 0 Å². The van der Waals surface area contributed by atoms with Crippen molar-refractivity contribution in [3.63, 3.8) is 0 Å². The number of ether oxygens (including phenoxy) is 1. The van der Waals surface area contributed by atoms with Crippen molar-refractivity contribution in [2.45, 2.75) is 25.0 Å². The van der Waals surface area contributed by atoms with Gasteiger partial charge in [0.1, 0.15) is 5.60 Å². The van der Waals surface area contributed by atoms with Gasteiger partial charge >= 0.3 is 0 Å². The van der Waals surface area contributed by atoms with Crippen LogP contribution in [0, 0.1) is 0 Å². The Morgan fingerprint density at radius 1 is 1.22 bits per heavy atom. The predicted molar refractivity (Wildman–Crippen MR) is 90.8 cm³/mol. The molecule has 1 aromatic rings. The summed E-state index contributed by atoms with van der Waals surface area (Å²) in [6.45, 7) is 1.98. The van der Waals surface area contributed by atoms with Crippen LogP contribution in [0.25, 0.3) is 0 Å². The maximum Gasteiger partial charge on any atom is 0.252 e. The molecule has 128 valence electrons. The Balaban J connectivity index is 0.00000264. The fourth-order valence-corrected chi connectivity index (χ4v) is 2.62. The van der Waals surface area contributed by atoms with E-state index in [9.17, 15) is 9.59 Å². The molecule has 0 atom stereocenters. The number of piperidine rings is 1. The number of hydrogen-bond acceptors (Lipinski definition) is 4. The van der Waals surface area contributed by atoms with E-state index in [1.165, 1.54) is 0 Å². The number of methoxy groups -OCH3 is 1. The van der Waals surface area contributed by atoms with Gasteiger partial charge in [0.2, 0.25) is 0 Å². The molecule has 0 spiro atoms. The molecule has 1 aliphatic heterocycles. The smallest absolute Gasteiger partial charge is 0.252 e. The Bertz CT molecular complexity index is 528. The van der Waals surface area contributed by atoms with E-state index in [2.05, 4.69) is 16.0 Å². The van der Waals surface area contributed by atoms with Crippen molar-refractivity contribution in [3.05, 3.63) is 35.4 Å². The summed E-state index contributed by atoms with van der Waals surface area (Å²) < 4.78 is 5.49. The molecule has 1 saturated heterocycles. The first-order chi connectivity index (χ1) is 10.6. The lowest BCUT2D eigenvalue weighted by Crippen LogP contribution is -2.53. The van der Waals surface area contributed by atoms with Gasteiger partial charge in [0.05, 0.1) is 0 Å². The minimum absolute atomic E-state index is 0. The molecule has 1 aromatic carbocycles. The summed E-state index contributed by atoms with van der Waals surface area (Å²) in [5.74, 6) is -0.199. The lowest BCUT2D eigenvalue weighted by molar-refractivity contribution is -0.146. The molecular weight excluding hydrogens is 318 g/mol. The molecule has 0 unspecified atom stereocenters. The maximum atomic E-state index is 12.4. The van der Waals surface area contributed by atoms with E-state index in [-0.39, 0.29) is 24.2 Å². The van der Waals surface area contributed by atoms with Crippen LogP contribution in [0.4, 0.5) is 0 Å². The second-order valence-corrected chi connectivity index (χ2v) is 5.41. The van der Waals surface area contributed by atoms with Crippen molar-refractivity contribution in [3.8, 4) is 0 Å². The van der Waals surface area contributed by atoms with Gasteiger partial charge in [0, 0.05) is 26.3 Å². The van der Waals surface area contributed by atoms with E-state index in [1.54, 1.807) is 26.3 Å². The number of nitrogens with one attached hydrogen (secondary N) is 3. The van der Waals surface area contributed by atoms with E-state index < -0.39 is 5.60 Å². The third-order valence-electron chi connectivity index (χ3n) is 4.11. The third-order valence-corrected chi connectivity index (χ3v) is 4.11. The lowest BCUT2D eigenvalue weighted by Gasteiger charge is -2.34. The SMILES string of the molecule is CNC(=O)c1ccc(CNC(=O)C2(OC)CCNCC2)cc1.Cl. The second-order valence-electron chi connectivity index (χ2n) is 5.41. The predicted octanol–water partition coefficient (Wildman–Crippen LogP) is 0.853. The Morgan fingerprint density at radius 2 is 1.83 bits per heavy atom. The van der Waals surface area contributed by atoms with E-state index in [4.69, 9.17) is 4.74 Å².